The molecule has 1 N–H and O–H groups in total. The highest BCUT2D eigenvalue weighted by atomic mass is 14.9. The van der Waals surface area contributed by atoms with Crippen molar-refractivity contribution in [3.63, 3.8) is 0 Å². The highest BCUT2D eigenvalue weighted by Crippen LogP contribution is 2.61. The minimum atomic E-state index is 0.666. The predicted octanol–water partition coefficient (Wildman–Crippen LogP) is 4.15. The van der Waals surface area contributed by atoms with Crippen LogP contribution in [-0.2, 0) is 0 Å². The van der Waals surface area contributed by atoms with Crippen LogP contribution in [0.15, 0.2) is 12.2 Å². The maximum Gasteiger partial charge on any atom is 0.0106 e. The van der Waals surface area contributed by atoms with Crippen molar-refractivity contribution in [3.05, 3.63) is 12.2 Å². The topological polar surface area (TPSA) is 12.0 Å². The number of rotatable bonds is 5. The molecule has 1 unspecified atom stereocenters. The average Bonchev–Trinajstić information content (AvgIpc) is 2.25. The Hall–Kier alpha value is -0.300. The summed E-state index contributed by atoms with van der Waals surface area (Å²) < 4.78 is 0. The predicted molar refractivity (Wildman–Crippen MR) is 77.5 cm³/mol. The van der Waals surface area contributed by atoms with Crippen molar-refractivity contribution >= 4 is 0 Å². The van der Waals surface area contributed by atoms with E-state index in [9.17, 15) is 0 Å². The fourth-order valence-corrected chi connectivity index (χ4v) is 5.76. The van der Waals surface area contributed by atoms with Crippen LogP contribution in [0.4, 0.5) is 0 Å². The minimum absolute atomic E-state index is 0.666. The van der Waals surface area contributed by atoms with E-state index in [1.165, 1.54) is 31.3 Å². The number of nitrogens with one attached hydrogen (secondary N) is 1. The third kappa shape index (κ3) is 2.39. The summed E-state index contributed by atoms with van der Waals surface area (Å²) in [6.45, 7) is 6.27. The molecule has 4 saturated carbocycles. The molecule has 4 aliphatic carbocycles. The van der Waals surface area contributed by atoms with Crippen molar-refractivity contribution in [2.24, 2.45) is 23.2 Å². The van der Waals surface area contributed by atoms with Crippen molar-refractivity contribution in [1.29, 1.82) is 0 Å². The zero-order valence-corrected chi connectivity index (χ0v) is 12.2. The maximum absolute atomic E-state index is 4.10. The van der Waals surface area contributed by atoms with E-state index in [2.05, 4.69) is 25.9 Å². The van der Waals surface area contributed by atoms with Crippen molar-refractivity contribution < 1.29 is 0 Å². The van der Waals surface area contributed by atoms with E-state index in [0.29, 0.717) is 11.5 Å². The van der Waals surface area contributed by atoms with Crippen LogP contribution in [0.3, 0.4) is 0 Å². The van der Waals surface area contributed by atoms with Crippen LogP contribution in [0.1, 0.15) is 58.3 Å². The first kappa shape index (κ1) is 12.7. The van der Waals surface area contributed by atoms with Crippen molar-refractivity contribution in [3.8, 4) is 0 Å². The van der Waals surface area contributed by atoms with E-state index >= 15 is 0 Å². The molecular weight excluding hydrogens is 218 g/mol. The molecule has 4 bridgehead atoms. The highest BCUT2D eigenvalue weighted by molar-refractivity contribution is 5.04. The molecular formula is C17H29N. The lowest BCUT2D eigenvalue weighted by atomic mass is 9.48. The largest absolute Gasteiger partial charge is 0.317 e. The Balaban J connectivity index is 1.69. The van der Waals surface area contributed by atoms with Gasteiger partial charge in [-0.15, -0.1) is 6.58 Å². The number of hydrogen-bond donors (Lipinski definition) is 1. The Labute approximate surface area is 112 Å². The van der Waals surface area contributed by atoms with Crippen molar-refractivity contribution in [1.82, 2.24) is 5.32 Å². The van der Waals surface area contributed by atoms with Gasteiger partial charge in [0.05, 0.1) is 0 Å². The molecule has 18 heavy (non-hydrogen) atoms. The second-order valence-electron chi connectivity index (χ2n) is 7.77. The standard InChI is InChI=1S/C17H29N/c1-12(2)4-16(18-3)11-17-8-13-5-14(9-17)7-15(6-13)10-17/h13-16,18H,1,4-11H2,2-3H3. The van der Waals surface area contributed by atoms with Gasteiger partial charge >= 0.3 is 0 Å². The van der Waals surface area contributed by atoms with Crippen LogP contribution < -0.4 is 5.32 Å². The molecule has 102 valence electrons. The average molecular weight is 247 g/mol. The lowest BCUT2D eigenvalue weighted by Gasteiger charge is -2.57. The van der Waals surface area contributed by atoms with Gasteiger partial charge in [0, 0.05) is 6.04 Å². The summed E-state index contributed by atoms with van der Waals surface area (Å²) in [6.07, 6.45) is 11.9. The molecule has 0 radical (unpaired) electrons. The van der Waals surface area contributed by atoms with Gasteiger partial charge in [0.15, 0.2) is 0 Å². The molecule has 4 aliphatic rings. The maximum atomic E-state index is 4.10. The molecule has 0 aromatic rings. The highest BCUT2D eigenvalue weighted by Gasteiger charge is 2.51. The Morgan fingerprint density at radius 3 is 2.06 bits per heavy atom. The molecule has 4 fully saturated rings. The lowest BCUT2D eigenvalue weighted by molar-refractivity contribution is -0.0616. The summed E-state index contributed by atoms with van der Waals surface area (Å²) in [6, 6.07) is 0.666. The first-order valence-electron chi connectivity index (χ1n) is 7.90. The Bertz CT molecular complexity index is 295. The Morgan fingerprint density at radius 1 is 1.17 bits per heavy atom. The van der Waals surface area contributed by atoms with Gasteiger partial charge in [-0.3, -0.25) is 0 Å². The van der Waals surface area contributed by atoms with Gasteiger partial charge < -0.3 is 5.32 Å². The van der Waals surface area contributed by atoms with Crippen molar-refractivity contribution in [2.75, 3.05) is 7.05 Å². The van der Waals surface area contributed by atoms with Gasteiger partial charge in [-0.25, -0.2) is 0 Å². The lowest BCUT2D eigenvalue weighted by Crippen LogP contribution is -2.48. The molecule has 1 heteroatoms. The molecule has 0 aliphatic heterocycles. The molecule has 0 spiro atoms. The third-order valence-electron chi connectivity index (χ3n) is 5.85. The van der Waals surface area contributed by atoms with Crippen LogP contribution in [-0.4, -0.2) is 13.1 Å². The smallest absolute Gasteiger partial charge is 0.0106 e. The van der Waals surface area contributed by atoms with Crippen LogP contribution in [0.25, 0.3) is 0 Å². The first-order chi connectivity index (χ1) is 8.58. The first-order valence-corrected chi connectivity index (χ1v) is 7.90. The summed E-state index contributed by atoms with van der Waals surface area (Å²) in [7, 11) is 2.13. The Morgan fingerprint density at radius 2 is 1.67 bits per heavy atom. The van der Waals surface area contributed by atoms with Crippen LogP contribution in [0.5, 0.6) is 0 Å². The second-order valence-corrected chi connectivity index (χ2v) is 7.77. The molecule has 0 aromatic heterocycles. The summed E-state index contributed by atoms with van der Waals surface area (Å²) >= 11 is 0. The van der Waals surface area contributed by atoms with Gasteiger partial charge in [-0.05, 0) is 88.5 Å². The molecule has 0 saturated heterocycles. The van der Waals surface area contributed by atoms with E-state index in [4.69, 9.17) is 0 Å². The van der Waals surface area contributed by atoms with Crippen LogP contribution >= 0.6 is 0 Å². The van der Waals surface area contributed by atoms with Crippen LogP contribution in [0, 0.1) is 23.2 Å². The van der Waals surface area contributed by atoms with E-state index in [0.717, 1.165) is 24.2 Å². The number of hydrogen-bond acceptors (Lipinski definition) is 1. The zero-order valence-electron chi connectivity index (χ0n) is 12.2. The van der Waals surface area contributed by atoms with Crippen molar-refractivity contribution in [2.45, 2.75) is 64.3 Å². The molecule has 1 atom stereocenters. The second kappa shape index (κ2) is 4.67. The zero-order chi connectivity index (χ0) is 12.8. The van der Waals surface area contributed by atoms with Gasteiger partial charge in [-0.1, -0.05) is 5.57 Å². The minimum Gasteiger partial charge on any atom is -0.317 e. The van der Waals surface area contributed by atoms with Gasteiger partial charge in [0.2, 0.25) is 0 Å². The third-order valence-corrected chi connectivity index (χ3v) is 5.85. The molecule has 0 amide bonds. The van der Waals surface area contributed by atoms with Gasteiger partial charge in [0.25, 0.3) is 0 Å². The van der Waals surface area contributed by atoms with E-state index in [1.807, 2.05) is 0 Å². The summed E-state index contributed by atoms with van der Waals surface area (Å²) in [4.78, 5) is 0. The molecule has 1 nitrogen and oxygen atoms in total. The molecule has 0 aromatic carbocycles. The Kier molecular flexibility index (Phi) is 3.30. The normalized spacial score (nSPS) is 43.1. The van der Waals surface area contributed by atoms with Gasteiger partial charge in [0.1, 0.15) is 0 Å². The molecule has 4 rings (SSSR count). The monoisotopic (exact) mass is 247 g/mol. The fraction of sp³-hybridized carbons (Fsp3) is 0.882. The fourth-order valence-electron chi connectivity index (χ4n) is 5.76. The van der Waals surface area contributed by atoms with E-state index < -0.39 is 0 Å². The van der Waals surface area contributed by atoms with Gasteiger partial charge in [-0.2, -0.15) is 0 Å². The van der Waals surface area contributed by atoms with Crippen LogP contribution in [0.2, 0.25) is 0 Å². The summed E-state index contributed by atoms with van der Waals surface area (Å²) in [5.41, 5.74) is 2.04. The summed E-state index contributed by atoms with van der Waals surface area (Å²) in [5, 5.41) is 3.55. The van der Waals surface area contributed by atoms with E-state index in [1.54, 1.807) is 19.3 Å². The SMILES string of the molecule is C=C(C)CC(CC12CC3CC(CC(C3)C1)C2)NC. The quantitative estimate of drug-likeness (QED) is 0.720. The molecule has 0 heterocycles. The summed E-state index contributed by atoms with van der Waals surface area (Å²) in [5.74, 6) is 3.25. The van der Waals surface area contributed by atoms with E-state index in [-0.39, 0.29) is 0 Å².